The molecule has 0 aliphatic rings. The summed E-state index contributed by atoms with van der Waals surface area (Å²) in [6.45, 7) is 0. The van der Waals surface area contributed by atoms with Gasteiger partial charge < -0.3 is 5.32 Å². The zero-order chi connectivity index (χ0) is 19.3. The minimum atomic E-state index is -3.38. The molecule has 0 saturated carbocycles. The Morgan fingerprint density at radius 1 is 1.04 bits per heavy atom. The SMILES string of the molecule is O=C(Nc1ccccc1SCCS(=O)(=O)c1ccc(Cl)cc1)c1cccs1. The number of thiophene rings is 1. The summed E-state index contributed by atoms with van der Waals surface area (Å²) in [5.74, 6) is 0.190. The average Bonchev–Trinajstić information content (AvgIpc) is 3.18. The summed E-state index contributed by atoms with van der Waals surface area (Å²) < 4.78 is 24.9. The molecule has 4 nitrogen and oxygen atoms in total. The van der Waals surface area contributed by atoms with E-state index in [1.54, 1.807) is 18.2 Å². The molecule has 0 atom stereocenters. The van der Waals surface area contributed by atoms with Crippen molar-refractivity contribution in [1.29, 1.82) is 0 Å². The molecular weight excluding hydrogens is 422 g/mol. The molecule has 0 radical (unpaired) electrons. The molecule has 0 fully saturated rings. The fourth-order valence-electron chi connectivity index (χ4n) is 2.31. The van der Waals surface area contributed by atoms with E-state index in [2.05, 4.69) is 5.32 Å². The smallest absolute Gasteiger partial charge is 0.265 e. The van der Waals surface area contributed by atoms with Gasteiger partial charge in [0.2, 0.25) is 0 Å². The lowest BCUT2D eigenvalue weighted by Crippen LogP contribution is -2.11. The standard InChI is InChI=1S/C19H16ClNO3S3/c20-14-7-9-15(10-8-14)27(23,24)13-12-26-17-5-2-1-4-16(17)21-19(22)18-6-3-11-25-18/h1-11H,12-13H2,(H,21,22). The molecule has 8 heteroatoms. The lowest BCUT2D eigenvalue weighted by molar-refractivity contribution is 0.103. The van der Waals surface area contributed by atoms with Gasteiger partial charge in [-0.2, -0.15) is 0 Å². The maximum absolute atomic E-state index is 12.4. The predicted octanol–water partition coefficient (Wildman–Crippen LogP) is 5.22. The number of sulfone groups is 1. The second kappa shape index (κ2) is 8.93. The first-order chi connectivity index (χ1) is 13.0. The highest BCUT2D eigenvalue weighted by Gasteiger charge is 2.15. The van der Waals surface area contributed by atoms with Crippen molar-refractivity contribution in [3.8, 4) is 0 Å². The van der Waals surface area contributed by atoms with Crippen molar-refractivity contribution in [3.63, 3.8) is 0 Å². The molecule has 3 rings (SSSR count). The highest BCUT2D eigenvalue weighted by atomic mass is 35.5. The van der Waals surface area contributed by atoms with Crippen molar-refractivity contribution in [2.24, 2.45) is 0 Å². The van der Waals surface area contributed by atoms with Crippen molar-refractivity contribution in [2.75, 3.05) is 16.8 Å². The van der Waals surface area contributed by atoms with Crippen LogP contribution >= 0.6 is 34.7 Å². The van der Waals surface area contributed by atoms with E-state index < -0.39 is 9.84 Å². The van der Waals surface area contributed by atoms with Crippen molar-refractivity contribution in [1.82, 2.24) is 0 Å². The van der Waals surface area contributed by atoms with E-state index in [1.807, 2.05) is 35.7 Å². The predicted molar refractivity (Wildman–Crippen MR) is 113 cm³/mol. The summed E-state index contributed by atoms with van der Waals surface area (Å²) in [4.78, 5) is 14.0. The summed E-state index contributed by atoms with van der Waals surface area (Å²) in [6.07, 6.45) is 0. The Balaban J connectivity index is 1.64. The first-order valence-electron chi connectivity index (χ1n) is 8.01. The van der Waals surface area contributed by atoms with Crippen LogP contribution in [0.1, 0.15) is 9.67 Å². The van der Waals surface area contributed by atoms with Crippen LogP contribution < -0.4 is 5.32 Å². The summed E-state index contributed by atoms with van der Waals surface area (Å²) >= 11 is 8.57. The number of hydrogen-bond acceptors (Lipinski definition) is 5. The third-order valence-corrected chi connectivity index (χ3v) is 7.85. The van der Waals surface area contributed by atoms with Crippen LogP contribution in [-0.2, 0) is 9.84 Å². The van der Waals surface area contributed by atoms with Gasteiger partial charge in [0.25, 0.3) is 5.91 Å². The number of halogens is 1. The van der Waals surface area contributed by atoms with Crippen molar-refractivity contribution >= 4 is 56.1 Å². The maximum atomic E-state index is 12.4. The number of para-hydroxylation sites is 1. The van der Waals surface area contributed by atoms with Crippen LogP contribution in [0.3, 0.4) is 0 Å². The van der Waals surface area contributed by atoms with Crippen molar-refractivity contribution < 1.29 is 13.2 Å². The van der Waals surface area contributed by atoms with E-state index in [9.17, 15) is 13.2 Å². The lowest BCUT2D eigenvalue weighted by Gasteiger charge is -2.10. The maximum Gasteiger partial charge on any atom is 0.265 e. The molecule has 0 bridgehead atoms. The number of rotatable bonds is 7. The topological polar surface area (TPSA) is 63.2 Å². The Kier molecular flexibility index (Phi) is 6.59. The van der Waals surface area contributed by atoms with E-state index in [-0.39, 0.29) is 16.6 Å². The van der Waals surface area contributed by atoms with Gasteiger partial charge >= 0.3 is 0 Å². The van der Waals surface area contributed by atoms with Crippen LogP contribution in [-0.4, -0.2) is 25.8 Å². The van der Waals surface area contributed by atoms with Gasteiger partial charge in [-0.3, -0.25) is 4.79 Å². The Bertz CT molecular complexity index is 1020. The van der Waals surface area contributed by atoms with Gasteiger partial charge in [0.1, 0.15) is 0 Å². The van der Waals surface area contributed by atoms with Crippen LogP contribution in [0.15, 0.2) is 75.8 Å². The zero-order valence-electron chi connectivity index (χ0n) is 14.1. The van der Waals surface area contributed by atoms with Crippen LogP contribution in [0.4, 0.5) is 5.69 Å². The molecular formula is C19H16ClNO3S3. The van der Waals surface area contributed by atoms with Gasteiger partial charge in [-0.15, -0.1) is 23.1 Å². The summed E-state index contributed by atoms with van der Waals surface area (Å²) in [7, 11) is -3.38. The van der Waals surface area contributed by atoms with Crippen LogP contribution in [0.2, 0.25) is 5.02 Å². The quantitative estimate of drug-likeness (QED) is 0.514. The van der Waals surface area contributed by atoms with Crippen LogP contribution in [0.25, 0.3) is 0 Å². The molecule has 27 heavy (non-hydrogen) atoms. The fourth-order valence-corrected chi connectivity index (χ4v) is 5.72. The zero-order valence-corrected chi connectivity index (χ0v) is 17.3. The minimum absolute atomic E-state index is 0.00744. The number of anilines is 1. The molecule has 3 aromatic rings. The summed E-state index contributed by atoms with van der Waals surface area (Å²) in [5, 5.41) is 5.23. The number of carbonyl (C=O) groups excluding carboxylic acids is 1. The minimum Gasteiger partial charge on any atom is -0.320 e. The van der Waals surface area contributed by atoms with Gasteiger partial charge in [0.05, 0.1) is 21.2 Å². The largest absolute Gasteiger partial charge is 0.320 e. The molecule has 2 aromatic carbocycles. The number of hydrogen-bond donors (Lipinski definition) is 1. The molecule has 1 amide bonds. The van der Waals surface area contributed by atoms with Crippen molar-refractivity contribution in [2.45, 2.75) is 9.79 Å². The second-order valence-corrected chi connectivity index (χ2v) is 10.2. The molecule has 0 spiro atoms. The monoisotopic (exact) mass is 437 g/mol. The fraction of sp³-hybridized carbons (Fsp3) is 0.105. The van der Waals surface area contributed by atoms with Crippen molar-refractivity contribution in [3.05, 3.63) is 75.9 Å². The Morgan fingerprint density at radius 2 is 1.78 bits per heavy atom. The Morgan fingerprint density at radius 3 is 2.48 bits per heavy atom. The number of benzene rings is 2. The third-order valence-electron chi connectivity index (χ3n) is 3.66. The van der Waals surface area contributed by atoms with E-state index in [4.69, 9.17) is 11.6 Å². The average molecular weight is 438 g/mol. The Labute approximate surface area is 171 Å². The molecule has 1 heterocycles. The number of thioether (sulfide) groups is 1. The molecule has 0 aliphatic heterocycles. The first kappa shape index (κ1) is 19.9. The van der Waals surface area contributed by atoms with Crippen LogP contribution in [0.5, 0.6) is 0 Å². The van der Waals surface area contributed by atoms with Gasteiger partial charge in [-0.1, -0.05) is 29.8 Å². The lowest BCUT2D eigenvalue weighted by atomic mass is 10.3. The number of amides is 1. The Hall–Kier alpha value is -1.80. The molecule has 0 aliphatic carbocycles. The number of carbonyl (C=O) groups is 1. The third kappa shape index (κ3) is 5.35. The summed E-state index contributed by atoms with van der Waals surface area (Å²) in [6, 6.07) is 17.1. The molecule has 1 N–H and O–H groups in total. The highest BCUT2D eigenvalue weighted by Crippen LogP contribution is 2.28. The molecule has 1 aromatic heterocycles. The second-order valence-electron chi connectivity index (χ2n) is 5.55. The first-order valence-corrected chi connectivity index (χ1v) is 11.9. The number of nitrogens with one attached hydrogen (secondary N) is 1. The highest BCUT2D eigenvalue weighted by molar-refractivity contribution is 8.00. The van der Waals surface area contributed by atoms with E-state index in [1.165, 1.54) is 35.2 Å². The van der Waals surface area contributed by atoms with Gasteiger partial charge in [-0.25, -0.2) is 8.42 Å². The molecule has 0 unspecified atom stereocenters. The van der Waals surface area contributed by atoms with E-state index in [0.717, 1.165) is 4.90 Å². The molecule has 140 valence electrons. The van der Waals surface area contributed by atoms with E-state index >= 15 is 0 Å². The van der Waals surface area contributed by atoms with Crippen LogP contribution in [0, 0.1) is 0 Å². The van der Waals surface area contributed by atoms with Gasteiger partial charge in [-0.05, 0) is 47.8 Å². The normalized spacial score (nSPS) is 11.3. The van der Waals surface area contributed by atoms with E-state index in [0.29, 0.717) is 21.3 Å². The van der Waals surface area contributed by atoms with Gasteiger partial charge in [0, 0.05) is 15.7 Å². The van der Waals surface area contributed by atoms with Gasteiger partial charge in [0.15, 0.2) is 9.84 Å². The molecule has 0 saturated heterocycles. The summed E-state index contributed by atoms with van der Waals surface area (Å²) in [5.41, 5.74) is 0.671.